The monoisotopic (exact) mass is 424 g/mol. The van der Waals surface area contributed by atoms with Crippen LogP contribution >= 0.6 is 0 Å². The van der Waals surface area contributed by atoms with E-state index in [0.717, 1.165) is 38.2 Å². The van der Waals surface area contributed by atoms with Crippen molar-refractivity contribution < 1.29 is 19.6 Å². The lowest BCUT2D eigenvalue weighted by Gasteiger charge is -2.01. The predicted octanol–water partition coefficient (Wildman–Crippen LogP) is 5.28. The first-order chi connectivity index (χ1) is 14.3. The summed E-state index contributed by atoms with van der Waals surface area (Å²) in [6.07, 6.45) is 11.7. The molecule has 0 unspecified atom stereocenters. The molecule has 167 valence electrons. The van der Waals surface area contributed by atoms with Crippen molar-refractivity contribution in [2.75, 3.05) is 0 Å². The molecule has 0 aliphatic heterocycles. The summed E-state index contributed by atoms with van der Waals surface area (Å²) in [4.78, 5) is 41.8. The van der Waals surface area contributed by atoms with E-state index in [9.17, 15) is 35.1 Å². The summed E-state index contributed by atoms with van der Waals surface area (Å²) in [7, 11) is 0. The second-order valence-electron chi connectivity index (χ2n) is 6.82. The number of nitro groups is 3. The summed E-state index contributed by atoms with van der Waals surface area (Å²) in [5.41, 5.74) is -0.620. The van der Waals surface area contributed by atoms with Crippen LogP contribution in [-0.4, -0.2) is 21.1 Å². The Bertz CT molecular complexity index is 669. The normalized spacial score (nSPS) is 12.6. The first-order valence-corrected chi connectivity index (χ1v) is 10.2. The van der Waals surface area contributed by atoms with Crippen LogP contribution in [0.3, 0.4) is 0 Å². The largest absolute Gasteiger partial charge is 0.291 e. The van der Waals surface area contributed by atoms with Gasteiger partial charge in [-0.3, -0.25) is 35.1 Å². The van der Waals surface area contributed by atoms with Crippen LogP contribution in [0.15, 0.2) is 35.3 Å². The van der Waals surface area contributed by atoms with Crippen molar-refractivity contribution in [1.82, 2.24) is 0 Å². The lowest BCUT2D eigenvalue weighted by atomic mass is 10.1. The average Bonchev–Trinajstić information content (AvgIpc) is 2.69. The number of carbonyl (C=O) groups excluding carboxylic acids is 1. The fourth-order valence-electron chi connectivity index (χ4n) is 2.71. The van der Waals surface area contributed by atoms with Crippen molar-refractivity contribution >= 4 is 6.29 Å². The molecule has 0 rings (SSSR count). The quantitative estimate of drug-likeness (QED) is 0.165. The summed E-state index contributed by atoms with van der Waals surface area (Å²) in [5.74, 6) is 0. The smallest absolute Gasteiger partial charge is 0.246 e. The van der Waals surface area contributed by atoms with Gasteiger partial charge in [0.05, 0.1) is 27.6 Å². The van der Waals surface area contributed by atoms with Crippen LogP contribution in [-0.2, 0) is 4.79 Å². The zero-order valence-electron chi connectivity index (χ0n) is 17.4. The predicted molar refractivity (Wildman–Crippen MR) is 112 cm³/mol. The maximum absolute atomic E-state index is 11.2. The fraction of sp³-hybridized carbons (Fsp3) is 0.650. The number of hydrogen-bond acceptors (Lipinski definition) is 7. The van der Waals surface area contributed by atoms with Crippen LogP contribution in [0.25, 0.3) is 0 Å². The van der Waals surface area contributed by atoms with Gasteiger partial charge in [0.2, 0.25) is 17.1 Å². The first-order valence-electron chi connectivity index (χ1n) is 10.2. The van der Waals surface area contributed by atoms with Gasteiger partial charge >= 0.3 is 0 Å². The molecular weight excluding hydrogens is 394 g/mol. The highest BCUT2D eigenvalue weighted by atomic mass is 16.6. The molecule has 0 bridgehead atoms. The number of hydrogen-bond donors (Lipinski definition) is 0. The van der Waals surface area contributed by atoms with Crippen molar-refractivity contribution in [3.63, 3.8) is 0 Å². The maximum Gasteiger partial charge on any atom is 0.246 e. The third-order valence-corrected chi connectivity index (χ3v) is 4.45. The molecule has 0 aromatic heterocycles. The summed E-state index contributed by atoms with van der Waals surface area (Å²) in [6.45, 7) is 2.10. The van der Waals surface area contributed by atoms with Gasteiger partial charge in [0.1, 0.15) is 0 Å². The second-order valence-corrected chi connectivity index (χ2v) is 6.82. The Labute approximate surface area is 176 Å². The highest BCUT2D eigenvalue weighted by molar-refractivity contribution is 5.50. The van der Waals surface area contributed by atoms with Gasteiger partial charge in [0, 0.05) is 12.8 Å². The van der Waals surface area contributed by atoms with E-state index in [2.05, 4.69) is 6.92 Å². The van der Waals surface area contributed by atoms with Gasteiger partial charge in [-0.05, 0) is 37.5 Å². The van der Waals surface area contributed by atoms with Crippen LogP contribution in [0.1, 0.15) is 84.0 Å². The molecule has 0 amide bonds. The first kappa shape index (κ1) is 27.1. The summed E-state index contributed by atoms with van der Waals surface area (Å²) in [6, 6.07) is 0. The Balaban J connectivity index is 4.98. The van der Waals surface area contributed by atoms with Gasteiger partial charge in [-0.15, -0.1) is 0 Å². The molecule has 0 aromatic carbocycles. The van der Waals surface area contributed by atoms with Crippen molar-refractivity contribution in [2.45, 2.75) is 84.0 Å². The van der Waals surface area contributed by atoms with Crippen LogP contribution in [0.4, 0.5) is 0 Å². The minimum Gasteiger partial charge on any atom is -0.291 e. The van der Waals surface area contributed by atoms with Crippen LogP contribution in [0.5, 0.6) is 0 Å². The minimum absolute atomic E-state index is 0.0756. The fourth-order valence-corrected chi connectivity index (χ4v) is 2.71. The molecule has 0 atom stereocenters. The summed E-state index contributed by atoms with van der Waals surface area (Å²) in [5, 5.41) is 33.5. The molecule has 0 heterocycles. The summed E-state index contributed by atoms with van der Waals surface area (Å²) < 4.78 is 0. The second kappa shape index (κ2) is 17.0. The SMILES string of the molecule is CCCCCCCC/C(=C\C/C(=C\C/C(=C\CCC[C]=O)[N+](=O)[O-])[N+](=O)[O-])[N+](=O)[O-]. The molecule has 1 radical (unpaired) electrons. The Morgan fingerprint density at radius 1 is 0.733 bits per heavy atom. The number of allylic oxidation sites excluding steroid dienone is 4. The van der Waals surface area contributed by atoms with Gasteiger partial charge in [0.25, 0.3) is 0 Å². The van der Waals surface area contributed by atoms with Crippen molar-refractivity contribution in [1.29, 1.82) is 0 Å². The molecule has 0 aliphatic carbocycles. The van der Waals surface area contributed by atoms with Crippen LogP contribution in [0.2, 0.25) is 0 Å². The lowest BCUT2D eigenvalue weighted by molar-refractivity contribution is -0.434. The number of unbranched alkanes of at least 4 members (excludes halogenated alkanes) is 7. The van der Waals surface area contributed by atoms with E-state index in [1.54, 1.807) is 6.29 Å². The van der Waals surface area contributed by atoms with Crippen LogP contribution in [0, 0.1) is 30.3 Å². The molecule has 0 saturated carbocycles. The van der Waals surface area contributed by atoms with Gasteiger partial charge in [0.15, 0.2) is 6.29 Å². The topological polar surface area (TPSA) is 146 Å². The Hall–Kier alpha value is -2.91. The molecule has 30 heavy (non-hydrogen) atoms. The number of nitrogens with zero attached hydrogens (tertiary/aromatic N) is 3. The van der Waals surface area contributed by atoms with Gasteiger partial charge in [-0.2, -0.15) is 0 Å². The van der Waals surface area contributed by atoms with Gasteiger partial charge < -0.3 is 0 Å². The molecule has 0 fully saturated rings. The highest BCUT2D eigenvalue weighted by Crippen LogP contribution is 2.17. The maximum atomic E-state index is 11.2. The molecule has 10 heteroatoms. The van der Waals surface area contributed by atoms with Crippen LogP contribution < -0.4 is 0 Å². The van der Waals surface area contributed by atoms with E-state index >= 15 is 0 Å². The van der Waals surface area contributed by atoms with E-state index in [1.807, 2.05) is 0 Å². The molecule has 10 nitrogen and oxygen atoms in total. The third-order valence-electron chi connectivity index (χ3n) is 4.45. The minimum atomic E-state index is -0.683. The average molecular weight is 424 g/mol. The standard InChI is InChI=1S/C20H30N3O7/c1-2-3-4-5-6-8-11-18(21(25)26)13-15-20(23(29)30)16-14-19(22(27)28)12-9-7-10-17-24/h12-13,16H,2-11,14-15H2,1H3/b18-13+,19-12+,20-16+. The van der Waals surface area contributed by atoms with Gasteiger partial charge in [-0.25, -0.2) is 0 Å². The van der Waals surface area contributed by atoms with E-state index in [0.29, 0.717) is 12.8 Å². The number of rotatable bonds is 18. The van der Waals surface area contributed by atoms with E-state index in [-0.39, 0.29) is 49.2 Å². The van der Waals surface area contributed by atoms with E-state index < -0.39 is 14.8 Å². The molecular formula is C20H30N3O7. The molecule has 0 aliphatic rings. The zero-order chi connectivity index (χ0) is 22.8. The van der Waals surface area contributed by atoms with E-state index in [4.69, 9.17) is 0 Å². The highest BCUT2D eigenvalue weighted by Gasteiger charge is 2.17. The van der Waals surface area contributed by atoms with E-state index in [1.165, 1.54) is 12.2 Å². The lowest BCUT2D eigenvalue weighted by Crippen LogP contribution is -2.04. The van der Waals surface area contributed by atoms with Crippen molar-refractivity contribution in [3.8, 4) is 0 Å². The van der Waals surface area contributed by atoms with Crippen molar-refractivity contribution in [3.05, 3.63) is 65.7 Å². The summed E-state index contributed by atoms with van der Waals surface area (Å²) >= 11 is 0. The molecule has 0 saturated heterocycles. The Morgan fingerprint density at radius 2 is 1.23 bits per heavy atom. The third kappa shape index (κ3) is 13.3. The zero-order valence-corrected chi connectivity index (χ0v) is 17.4. The molecule has 0 spiro atoms. The molecule has 0 aromatic rings. The Kier molecular flexibility index (Phi) is 15.3. The van der Waals surface area contributed by atoms with Crippen molar-refractivity contribution in [2.24, 2.45) is 0 Å². The Morgan fingerprint density at radius 3 is 1.77 bits per heavy atom. The molecule has 0 N–H and O–H groups in total. The van der Waals surface area contributed by atoms with Gasteiger partial charge in [-0.1, -0.05) is 39.0 Å².